The summed E-state index contributed by atoms with van der Waals surface area (Å²) in [6.07, 6.45) is 11.2. The second-order valence-electron chi connectivity index (χ2n) is 6.35. The Kier molecular flexibility index (Phi) is 9.50. The molecule has 0 aromatic carbocycles. The highest BCUT2D eigenvalue weighted by molar-refractivity contribution is 14.0. The number of halogens is 1. The highest BCUT2D eigenvalue weighted by atomic mass is 127. The normalized spacial score (nSPS) is 17.4. The maximum Gasteiger partial charge on any atom is 0.191 e. The van der Waals surface area contributed by atoms with Crippen LogP contribution >= 0.6 is 24.0 Å². The van der Waals surface area contributed by atoms with Crippen LogP contribution < -0.4 is 10.6 Å². The molecule has 0 saturated heterocycles. The Hall–Kier alpha value is -0.860. The van der Waals surface area contributed by atoms with Crippen molar-refractivity contribution in [2.45, 2.75) is 64.5 Å². The molecule has 1 aromatic rings. The van der Waals surface area contributed by atoms with Gasteiger partial charge in [0.25, 0.3) is 0 Å². The molecule has 1 aliphatic rings. The van der Waals surface area contributed by atoms with Gasteiger partial charge in [-0.05, 0) is 25.7 Å². The van der Waals surface area contributed by atoms with Gasteiger partial charge in [0.15, 0.2) is 5.96 Å². The Bertz CT molecular complexity index is 467. The zero-order valence-electron chi connectivity index (χ0n) is 14.6. The van der Waals surface area contributed by atoms with Gasteiger partial charge in [-0.15, -0.1) is 24.0 Å². The van der Waals surface area contributed by atoms with Gasteiger partial charge in [-0.25, -0.2) is 4.98 Å². The molecule has 1 unspecified atom stereocenters. The van der Waals surface area contributed by atoms with Gasteiger partial charge in [-0.2, -0.15) is 5.10 Å². The van der Waals surface area contributed by atoms with Crippen molar-refractivity contribution in [2.24, 2.45) is 18.0 Å². The monoisotopic (exact) mass is 434 g/mol. The minimum Gasteiger partial charge on any atom is -0.354 e. The van der Waals surface area contributed by atoms with Crippen molar-refractivity contribution >= 4 is 29.9 Å². The maximum atomic E-state index is 4.29. The van der Waals surface area contributed by atoms with E-state index >= 15 is 0 Å². The molecule has 2 N–H and O–H groups in total. The number of nitrogens with one attached hydrogen (secondary N) is 2. The quantitative estimate of drug-likeness (QED) is 0.411. The lowest BCUT2D eigenvalue weighted by molar-refractivity contribution is 0.322. The Morgan fingerprint density at radius 1 is 1.39 bits per heavy atom. The van der Waals surface area contributed by atoms with Crippen LogP contribution in [0.3, 0.4) is 0 Å². The average Bonchev–Trinajstić information content (AvgIpc) is 2.95. The minimum absolute atomic E-state index is 0. The van der Waals surface area contributed by atoms with Gasteiger partial charge in [0.05, 0.1) is 6.54 Å². The van der Waals surface area contributed by atoms with Crippen molar-refractivity contribution < 1.29 is 0 Å². The average molecular weight is 434 g/mol. The Morgan fingerprint density at radius 2 is 2.13 bits per heavy atom. The summed E-state index contributed by atoms with van der Waals surface area (Å²) >= 11 is 0. The van der Waals surface area contributed by atoms with Crippen LogP contribution in [0.2, 0.25) is 0 Å². The first-order valence-electron chi connectivity index (χ1n) is 8.49. The molecule has 6 nitrogen and oxygen atoms in total. The predicted octanol–water partition coefficient (Wildman–Crippen LogP) is 2.85. The Labute approximate surface area is 157 Å². The third-order valence-electron chi connectivity index (χ3n) is 4.56. The van der Waals surface area contributed by atoms with Crippen molar-refractivity contribution in [1.29, 1.82) is 0 Å². The van der Waals surface area contributed by atoms with E-state index in [4.69, 9.17) is 0 Å². The number of aromatic nitrogens is 3. The van der Waals surface area contributed by atoms with E-state index in [0.717, 1.165) is 17.7 Å². The molecule has 0 amide bonds. The van der Waals surface area contributed by atoms with E-state index in [9.17, 15) is 0 Å². The number of hydrogen-bond donors (Lipinski definition) is 2. The first-order chi connectivity index (χ1) is 10.7. The molecule has 23 heavy (non-hydrogen) atoms. The van der Waals surface area contributed by atoms with Crippen molar-refractivity contribution in [3.63, 3.8) is 0 Å². The van der Waals surface area contributed by atoms with E-state index in [1.54, 1.807) is 18.1 Å². The number of rotatable bonds is 6. The Morgan fingerprint density at radius 3 is 2.74 bits per heavy atom. The fourth-order valence-electron chi connectivity index (χ4n) is 3.10. The van der Waals surface area contributed by atoms with Gasteiger partial charge in [-0.3, -0.25) is 9.67 Å². The van der Waals surface area contributed by atoms with Gasteiger partial charge in [0, 0.05) is 20.1 Å². The second-order valence-corrected chi connectivity index (χ2v) is 6.35. The van der Waals surface area contributed by atoms with Crippen molar-refractivity contribution in [3.05, 3.63) is 12.2 Å². The summed E-state index contributed by atoms with van der Waals surface area (Å²) in [6.45, 7) is 2.86. The fraction of sp³-hybridized carbons (Fsp3) is 0.812. The number of guanidine groups is 1. The lowest BCUT2D eigenvalue weighted by Crippen LogP contribution is -2.42. The molecule has 1 aromatic heterocycles. The van der Waals surface area contributed by atoms with E-state index in [-0.39, 0.29) is 24.0 Å². The molecule has 1 atom stereocenters. The molecule has 1 saturated carbocycles. The van der Waals surface area contributed by atoms with E-state index in [0.29, 0.717) is 12.6 Å². The highest BCUT2D eigenvalue weighted by Crippen LogP contribution is 2.27. The second kappa shape index (κ2) is 10.8. The van der Waals surface area contributed by atoms with E-state index in [1.165, 1.54) is 44.9 Å². The predicted molar refractivity (Wildman–Crippen MR) is 105 cm³/mol. The van der Waals surface area contributed by atoms with Gasteiger partial charge in [-0.1, -0.05) is 32.1 Å². The summed E-state index contributed by atoms with van der Waals surface area (Å²) in [7, 11) is 3.70. The van der Waals surface area contributed by atoms with Crippen molar-refractivity contribution in [3.8, 4) is 0 Å². The van der Waals surface area contributed by atoms with Crippen LogP contribution in [0, 0.1) is 5.92 Å². The molecule has 0 aliphatic heterocycles. The standard InChI is InChI=1S/C16H30N6.HI/c1-13(9-10-14-7-5-4-6-8-14)21-16(17-2)18-11-15-19-12-20-22(15)3;/h12-14H,4-11H2,1-3H3,(H2,17,18,21);1H. The summed E-state index contributed by atoms with van der Waals surface area (Å²) in [5, 5.41) is 10.8. The number of hydrogen-bond acceptors (Lipinski definition) is 3. The third kappa shape index (κ3) is 7.05. The molecule has 0 bridgehead atoms. The molecular weight excluding hydrogens is 403 g/mol. The van der Waals surface area contributed by atoms with Gasteiger partial charge >= 0.3 is 0 Å². The topological polar surface area (TPSA) is 67.1 Å². The molecule has 1 heterocycles. The fourth-order valence-corrected chi connectivity index (χ4v) is 3.10. The first kappa shape index (κ1) is 20.2. The van der Waals surface area contributed by atoms with Crippen LogP contribution in [-0.2, 0) is 13.6 Å². The van der Waals surface area contributed by atoms with Gasteiger partial charge < -0.3 is 10.6 Å². The van der Waals surface area contributed by atoms with Crippen LogP contribution in [0.5, 0.6) is 0 Å². The third-order valence-corrected chi connectivity index (χ3v) is 4.56. The number of aryl methyl sites for hydroxylation is 1. The van der Waals surface area contributed by atoms with Gasteiger partial charge in [0.1, 0.15) is 12.2 Å². The maximum absolute atomic E-state index is 4.29. The van der Waals surface area contributed by atoms with Crippen molar-refractivity contribution in [1.82, 2.24) is 25.4 Å². The molecule has 132 valence electrons. The lowest BCUT2D eigenvalue weighted by Gasteiger charge is -2.24. The smallest absolute Gasteiger partial charge is 0.191 e. The summed E-state index contributed by atoms with van der Waals surface area (Å²) in [5.41, 5.74) is 0. The molecule has 0 spiro atoms. The summed E-state index contributed by atoms with van der Waals surface area (Å²) in [4.78, 5) is 8.49. The van der Waals surface area contributed by atoms with Crippen LogP contribution in [0.15, 0.2) is 11.3 Å². The molecule has 2 rings (SSSR count). The van der Waals surface area contributed by atoms with E-state index in [2.05, 4.69) is 32.6 Å². The lowest BCUT2D eigenvalue weighted by atomic mass is 9.85. The van der Waals surface area contributed by atoms with Gasteiger partial charge in [0.2, 0.25) is 0 Å². The van der Waals surface area contributed by atoms with Crippen LogP contribution in [0.4, 0.5) is 0 Å². The summed E-state index contributed by atoms with van der Waals surface area (Å²) in [6, 6.07) is 0.438. The number of nitrogens with zero attached hydrogens (tertiary/aromatic N) is 4. The van der Waals surface area contributed by atoms with Crippen molar-refractivity contribution in [2.75, 3.05) is 7.05 Å². The van der Waals surface area contributed by atoms with Crippen LogP contribution in [0.25, 0.3) is 0 Å². The Balaban J connectivity index is 0.00000264. The zero-order chi connectivity index (χ0) is 15.8. The minimum atomic E-state index is 0. The highest BCUT2D eigenvalue weighted by Gasteiger charge is 2.15. The van der Waals surface area contributed by atoms with Crippen LogP contribution in [0.1, 0.15) is 57.7 Å². The molecule has 1 fully saturated rings. The van der Waals surface area contributed by atoms with E-state index in [1.807, 2.05) is 7.05 Å². The summed E-state index contributed by atoms with van der Waals surface area (Å²) in [5.74, 6) is 2.67. The van der Waals surface area contributed by atoms with E-state index < -0.39 is 0 Å². The molecular formula is C16H31IN6. The SMILES string of the molecule is CN=C(NCc1ncnn1C)NC(C)CCC1CCCCC1.I. The molecule has 0 radical (unpaired) electrons. The number of aliphatic imine (C=N–C) groups is 1. The van der Waals surface area contributed by atoms with Crippen LogP contribution in [-0.4, -0.2) is 33.8 Å². The molecule has 1 aliphatic carbocycles. The largest absolute Gasteiger partial charge is 0.354 e. The molecule has 7 heteroatoms. The zero-order valence-corrected chi connectivity index (χ0v) is 16.9. The summed E-state index contributed by atoms with van der Waals surface area (Å²) < 4.78 is 1.77. The first-order valence-corrected chi connectivity index (χ1v) is 8.49.